The summed E-state index contributed by atoms with van der Waals surface area (Å²) >= 11 is 0. The van der Waals surface area contributed by atoms with Gasteiger partial charge < -0.3 is 30.1 Å². The van der Waals surface area contributed by atoms with Crippen molar-refractivity contribution >= 4 is 23.9 Å². The van der Waals surface area contributed by atoms with Gasteiger partial charge in [0, 0.05) is 42.4 Å². The molecule has 1 aliphatic carbocycles. The molecule has 270 valence electrons. The highest BCUT2D eigenvalue weighted by Crippen LogP contribution is 2.45. The number of aromatic nitrogens is 4. The SMILES string of the molecule is COc1ccc(-c2nn([C@H]3C[C@H]4C(=O)N[C@@]5(C(=O)O)C[C@H]5/C=C\CCCCC[C@@H](NC(=O)OC(C)(C)C)C(=O)N4C3)nc2-c2cccnc2)cc1. The number of carbonyl (C=O) groups excluding carboxylic acids is 3. The van der Waals surface area contributed by atoms with Crippen LogP contribution in [0.15, 0.2) is 60.9 Å². The van der Waals surface area contributed by atoms with Crippen LogP contribution in [0.25, 0.3) is 22.5 Å². The largest absolute Gasteiger partial charge is 0.497 e. The number of fused-ring (bicyclic) bond motifs is 2. The number of nitrogens with zero attached hydrogens (tertiary/aromatic N) is 5. The van der Waals surface area contributed by atoms with Gasteiger partial charge in [0.05, 0.1) is 13.2 Å². The van der Waals surface area contributed by atoms with E-state index in [0.717, 1.165) is 30.4 Å². The Bertz CT molecular complexity index is 1790. The number of rotatable bonds is 6. The van der Waals surface area contributed by atoms with Gasteiger partial charge in [-0.3, -0.25) is 14.6 Å². The van der Waals surface area contributed by atoms with Crippen molar-refractivity contribution in [1.29, 1.82) is 0 Å². The second-order valence-electron chi connectivity index (χ2n) is 14.4. The van der Waals surface area contributed by atoms with E-state index in [1.165, 1.54) is 9.70 Å². The van der Waals surface area contributed by atoms with Crippen molar-refractivity contribution in [2.24, 2.45) is 5.92 Å². The summed E-state index contributed by atoms with van der Waals surface area (Å²) in [5.74, 6) is -1.83. The lowest BCUT2D eigenvalue weighted by atomic mass is 10.0. The molecule has 14 nitrogen and oxygen atoms in total. The van der Waals surface area contributed by atoms with Crippen LogP contribution in [0.1, 0.15) is 71.8 Å². The fraction of sp³-hybridized carbons (Fsp3) is 0.486. The summed E-state index contributed by atoms with van der Waals surface area (Å²) in [7, 11) is 1.59. The van der Waals surface area contributed by atoms with Crippen molar-refractivity contribution in [3.05, 3.63) is 60.9 Å². The van der Waals surface area contributed by atoms with Gasteiger partial charge in [-0.05, 0) is 82.9 Å². The van der Waals surface area contributed by atoms with Gasteiger partial charge >= 0.3 is 12.1 Å². The van der Waals surface area contributed by atoms with Gasteiger partial charge in [0.2, 0.25) is 11.8 Å². The molecular weight excluding hydrogens is 654 g/mol. The number of benzene rings is 1. The lowest BCUT2D eigenvalue weighted by Gasteiger charge is -2.30. The van der Waals surface area contributed by atoms with Crippen molar-refractivity contribution < 1.29 is 33.8 Å². The summed E-state index contributed by atoms with van der Waals surface area (Å²) in [4.78, 5) is 61.3. The minimum Gasteiger partial charge on any atom is -0.497 e. The number of amides is 3. The Hall–Kier alpha value is -5.27. The molecule has 2 fully saturated rings. The summed E-state index contributed by atoms with van der Waals surface area (Å²) in [6, 6.07) is 8.52. The second-order valence-corrected chi connectivity index (χ2v) is 14.4. The molecule has 0 spiro atoms. The zero-order valence-corrected chi connectivity index (χ0v) is 29.4. The first-order valence-corrected chi connectivity index (χ1v) is 17.4. The fourth-order valence-corrected chi connectivity index (χ4v) is 6.82. The number of alkyl carbamates (subject to hydrolysis) is 1. The third-order valence-corrected chi connectivity index (χ3v) is 9.58. The number of aliphatic carboxylic acids is 1. The van der Waals surface area contributed by atoms with Gasteiger partial charge in [0.15, 0.2) is 0 Å². The number of pyridine rings is 1. The van der Waals surface area contributed by atoms with Crippen molar-refractivity contribution in [3.63, 3.8) is 0 Å². The van der Waals surface area contributed by atoms with E-state index in [0.29, 0.717) is 30.0 Å². The third kappa shape index (κ3) is 7.89. The summed E-state index contributed by atoms with van der Waals surface area (Å²) < 4.78 is 10.8. The normalized spacial score (nSPS) is 26.1. The molecule has 3 N–H and O–H groups in total. The van der Waals surface area contributed by atoms with E-state index in [1.807, 2.05) is 42.5 Å². The van der Waals surface area contributed by atoms with E-state index in [2.05, 4.69) is 15.6 Å². The minimum absolute atomic E-state index is 0.0516. The maximum atomic E-state index is 14.4. The monoisotopic (exact) mass is 699 g/mol. The van der Waals surface area contributed by atoms with Gasteiger partial charge in [-0.25, -0.2) is 9.59 Å². The quantitative estimate of drug-likeness (QED) is 0.310. The predicted octanol–water partition coefficient (Wildman–Crippen LogP) is 4.53. The fourth-order valence-electron chi connectivity index (χ4n) is 6.82. The highest BCUT2D eigenvalue weighted by Gasteiger charge is 2.61. The summed E-state index contributed by atoms with van der Waals surface area (Å²) in [5, 5.41) is 25.6. The Morgan fingerprint density at radius 3 is 2.45 bits per heavy atom. The number of allylic oxidation sites excluding steroid dienone is 1. The molecular formula is C37H45N7O7. The standard InChI is InChI=1S/C37H45N7O7/c1-36(2,3)51-35(49)39-28-13-9-7-5-6-8-12-25-20-37(25,34(47)48)40-32(45)29-19-26(22-43(29)33(28)46)44-41-30(23-14-16-27(50-4)17-15-23)31(42-44)24-11-10-18-38-21-24/h8,10-12,14-18,21,25-26,28-29H,5-7,9,13,19-20,22H2,1-4H3,(H,39,49)(H,40,45)(H,47,48)/b12-8-/t25-,26+,28-,29+,37+/m1/s1. The average molecular weight is 700 g/mol. The van der Waals surface area contributed by atoms with E-state index in [1.54, 1.807) is 46.3 Å². The predicted molar refractivity (Wildman–Crippen MR) is 186 cm³/mol. The van der Waals surface area contributed by atoms with Crippen LogP contribution in [0.4, 0.5) is 4.79 Å². The molecule has 1 aromatic carbocycles. The molecule has 2 aromatic heterocycles. The second kappa shape index (κ2) is 14.5. The third-order valence-electron chi connectivity index (χ3n) is 9.58. The molecule has 3 amide bonds. The van der Waals surface area contributed by atoms with Crippen molar-refractivity contribution in [2.45, 2.75) is 95.0 Å². The van der Waals surface area contributed by atoms with E-state index >= 15 is 0 Å². The Kier molecular flexibility index (Phi) is 10.1. The number of carboxylic acid groups (broad SMARTS) is 1. The Morgan fingerprint density at radius 2 is 1.78 bits per heavy atom. The number of hydrogen-bond donors (Lipinski definition) is 3. The topological polar surface area (TPSA) is 178 Å². The Labute approximate surface area is 296 Å². The Balaban J connectivity index is 1.37. The molecule has 3 aromatic rings. The summed E-state index contributed by atoms with van der Waals surface area (Å²) in [6.45, 7) is 5.27. The number of nitrogens with one attached hydrogen (secondary N) is 2. The lowest BCUT2D eigenvalue weighted by Crippen LogP contribution is -2.56. The van der Waals surface area contributed by atoms with Gasteiger partial charge in [0.25, 0.3) is 0 Å². The highest BCUT2D eigenvalue weighted by atomic mass is 16.6. The first kappa shape index (κ1) is 35.6. The molecule has 2 aliphatic heterocycles. The Morgan fingerprint density at radius 1 is 1.04 bits per heavy atom. The number of carbonyl (C=O) groups is 4. The van der Waals surface area contributed by atoms with Gasteiger partial charge in [0.1, 0.15) is 40.4 Å². The van der Waals surface area contributed by atoms with Crippen LogP contribution < -0.4 is 15.4 Å². The van der Waals surface area contributed by atoms with Crippen LogP contribution in [0.5, 0.6) is 5.75 Å². The molecule has 3 aliphatic rings. The van der Waals surface area contributed by atoms with E-state index in [9.17, 15) is 24.3 Å². The van der Waals surface area contributed by atoms with Crippen molar-refractivity contribution in [1.82, 2.24) is 35.5 Å². The molecule has 0 unspecified atom stereocenters. The minimum atomic E-state index is -1.45. The first-order chi connectivity index (χ1) is 24.4. The van der Waals surface area contributed by atoms with Gasteiger partial charge in [-0.15, -0.1) is 0 Å². The molecule has 51 heavy (non-hydrogen) atoms. The molecule has 0 radical (unpaired) electrons. The summed E-state index contributed by atoms with van der Waals surface area (Å²) in [5.41, 5.74) is 0.414. The van der Waals surface area contributed by atoms with Crippen LogP contribution in [-0.4, -0.2) is 90.7 Å². The molecule has 5 atom stereocenters. The van der Waals surface area contributed by atoms with Crippen LogP contribution in [0.2, 0.25) is 0 Å². The molecule has 1 saturated heterocycles. The number of hydrogen-bond acceptors (Lipinski definition) is 9. The van der Waals surface area contributed by atoms with Gasteiger partial charge in [-0.1, -0.05) is 25.0 Å². The van der Waals surface area contributed by atoms with Crippen LogP contribution in [0.3, 0.4) is 0 Å². The maximum Gasteiger partial charge on any atom is 0.408 e. The number of carboxylic acids is 1. The number of ether oxygens (including phenoxy) is 2. The summed E-state index contributed by atoms with van der Waals surface area (Å²) in [6.07, 6.45) is 10.2. The zero-order chi connectivity index (χ0) is 36.3. The molecule has 4 heterocycles. The van der Waals surface area contributed by atoms with Crippen molar-refractivity contribution in [2.75, 3.05) is 13.7 Å². The van der Waals surface area contributed by atoms with E-state index in [4.69, 9.17) is 19.7 Å². The molecule has 6 rings (SSSR count). The lowest BCUT2D eigenvalue weighted by molar-refractivity contribution is -0.145. The smallest absolute Gasteiger partial charge is 0.408 e. The van der Waals surface area contributed by atoms with E-state index < -0.39 is 53.1 Å². The average Bonchev–Trinajstić information content (AvgIpc) is 3.40. The molecule has 14 heteroatoms. The van der Waals surface area contributed by atoms with Gasteiger partial charge in [-0.2, -0.15) is 15.0 Å². The van der Waals surface area contributed by atoms with Crippen LogP contribution in [-0.2, 0) is 19.1 Å². The van der Waals surface area contributed by atoms with Crippen LogP contribution >= 0.6 is 0 Å². The molecule has 0 bridgehead atoms. The van der Waals surface area contributed by atoms with Crippen LogP contribution in [0, 0.1) is 5.92 Å². The zero-order valence-electron chi connectivity index (χ0n) is 29.4. The first-order valence-electron chi connectivity index (χ1n) is 17.4. The maximum absolute atomic E-state index is 14.4. The number of methoxy groups -OCH3 is 1. The highest BCUT2D eigenvalue weighted by molar-refractivity contribution is 5.96. The van der Waals surface area contributed by atoms with E-state index in [-0.39, 0.29) is 25.3 Å². The molecule has 1 saturated carbocycles. The van der Waals surface area contributed by atoms with Crippen molar-refractivity contribution in [3.8, 4) is 28.3 Å².